The normalized spacial score (nSPS) is 10.2. The first-order valence-electron chi connectivity index (χ1n) is 7.43. The van der Waals surface area contributed by atoms with Gasteiger partial charge >= 0.3 is 0 Å². The van der Waals surface area contributed by atoms with Crippen molar-refractivity contribution >= 4 is 5.69 Å². The monoisotopic (exact) mass is 352 g/mol. The van der Waals surface area contributed by atoms with Gasteiger partial charge in [0.15, 0.2) is 12.4 Å². The number of non-ortho nitro benzene ring substituents is 1. The lowest BCUT2D eigenvalue weighted by Gasteiger charge is -2.08. The maximum Gasteiger partial charge on any atom is 0.271 e. The molecule has 1 aromatic heterocycles. The van der Waals surface area contributed by atoms with Gasteiger partial charge in [0.25, 0.3) is 11.6 Å². The van der Waals surface area contributed by atoms with Crippen LogP contribution in [0, 0.1) is 28.4 Å². The van der Waals surface area contributed by atoms with E-state index >= 15 is 0 Å². The molecule has 0 bridgehead atoms. The molecule has 0 saturated carbocycles. The summed E-state index contributed by atoms with van der Waals surface area (Å²) in [6, 6.07) is 12.4. The molecule has 0 unspecified atom stereocenters. The summed E-state index contributed by atoms with van der Waals surface area (Å²) in [5, 5.41) is 23.6. The average molecular weight is 352 g/mol. The number of nitro benzene ring substituents is 1. The number of aryl methyl sites for hydroxylation is 1. The Kier molecular flexibility index (Phi) is 4.76. The highest BCUT2D eigenvalue weighted by Gasteiger charge is 2.12. The molecule has 0 saturated heterocycles. The quantitative estimate of drug-likeness (QED) is 0.487. The van der Waals surface area contributed by atoms with Crippen LogP contribution in [0.2, 0.25) is 0 Å². The maximum atomic E-state index is 10.8. The van der Waals surface area contributed by atoms with E-state index in [0.717, 1.165) is 0 Å². The fourth-order valence-corrected chi connectivity index (χ4v) is 2.08. The molecule has 0 amide bonds. The molecule has 3 rings (SSSR count). The topological polar surface area (TPSA) is 124 Å². The first kappa shape index (κ1) is 16.9. The van der Waals surface area contributed by atoms with Crippen LogP contribution in [0.1, 0.15) is 17.3 Å². The molecule has 0 N–H and O–H groups in total. The second kappa shape index (κ2) is 7.31. The zero-order chi connectivity index (χ0) is 18.5. The minimum Gasteiger partial charge on any atom is -0.484 e. The lowest BCUT2D eigenvalue weighted by Crippen LogP contribution is -1.96. The highest BCUT2D eigenvalue weighted by molar-refractivity contribution is 5.51. The first-order valence-corrected chi connectivity index (χ1v) is 7.43. The molecule has 0 aliphatic rings. The second-order valence-corrected chi connectivity index (χ2v) is 5.15. The summed E-state index contributed by atoms with van der Waals surface area (Å²) in [6.07, 6.45) is 0. The Morgan fingerprint density at radius 3 is 2.58 bits per heavy atom. The molecular formula is C17H12N4O5. The van der Waals surface area contributed by atoms with Crippen molar-refractivity contribution in [1.29, 1.82) is 5.26 Å². The van der Waals surface area contributed by atoms with E-state index in [0.29, 0.717) is 23.2 Å². The number of nitriles is 1. The Morgan fingerprint density at radius 2 is 1.96 bits per heavy atom. The number of aromatic nitrogens is 2. The molecule has 130 valence electrons. The summed E-state index contributed by atoms with van der Waals surface area (Å²) in [4.78, 5) is 14.2. The van der Waals surface area contributed by atoms with Gasteiger partial charge in [-0.3, -0.25) is 10.1 Å². The molecule has 9 nitrogen and oxygen atoms in total. The van der Waals surface area contributed by atoms with Crippen molar-refractivity contribution in [2.24, 2.45) is 0 Å². The Labute approximate surface area is 147 Å². The standard InChI is InChI=1S/C17H12N4O5/c1-11-19-17(26-20-11)10-24-14-3-5-15(6-4-14)25-16-7-2-13(21(22)23)8-12(16)9-18/h2-8H,10H2,1H3. The maximum absolute atomic E-state index is 10.8. The predicted octanol–water partition coefficient (Wildman–Crippen LogP) is 3.53. The molecule has 0 atom stereocenters. The fraction of sp³-hybridized carbons (Fsp3) is 0.118. The van der Waals surface area contributed by atoms with E-state index in [9.17, 15) is 10.1 Å². The number of hydrogen-bond donors (Lipinski definition) is 0. The molecule has 2 aromatic carbocycles. The molecule has 0 aliphatic carbocycles. The van der Waals surface area contributed by atoms with E-state index in [1.165, 1.54) is 18.2 Å². The third kappa shape index (κ3) is 3.93. The van der Waals surface area contributed by atoms with E-state index in [4.69, 9.17) is 19.3 Å². The van der Waals surface area contributed by atoms with Crippen molar-refractivity contribution in [1.82, 2.24) is 10.1 Å². The highest BCUT2D eigenvalue weighted by Crippen LogP contribution is 2.29. The van der Waals surface area contributed by atoms with Gasteiger partial charge in [-0.2, -0.15) is 10.2 Å². The molecule has 9 heteroatoms. The van der Waals surface area contributed by atoms with E-state index in [-0.39, 0.29) is 23.6 Å². The molecule has 3 aromatic rings. The van der Waals surface area contributed by atoms with E-state index < -0.39 is 4.92 Å². The van der Waals surface area contributed by atoms with Gasteiger partial charge in [0, 0.05) is 12.1 Å². The number of rotatable bonds is 6. The number of ether oxygens (including phenoxy) is 2. The van der Waals surface area contributed by atoms with Crippen LogP contribution in [-0.4, -0.2) is 15.1 Å². The van der Waals surface area contributed by atoms with Crippen molar-refractivity contribution in [3.8, 4) is 23.3 Å². The molecule has 0 radical (unpaired) electrons. The third-order valence-electron chi connectivity index (χ3n) is 3.28. The number of nitro groups is 1. The minimum atomic E-state index is -0.568. The third-order valence-corrected chi connectivity index (χ3v) is 3.28. The van der Waals surface area contributed by atoms with E-state index in [1.807, 2.05) is 6.07 Å². The van der Waals surface area contributed by atoms with Crippen molar-refractivity contribution in [2.45, 2.75) is 13.5 Å². The zero-order valence-electron chi connectivity index (χ0n) is 13.6. The average Bonchev–Trinajstić information content (AvgIpc) is 3.06. The van der Waals surface area contributed by atoms with Gasteiger partial charge in [0.2, 0.25) is 0 Å². The smallest absolute Gasteiger partial charge is 0.271 e. The van der Waals surface area contributed by atoms with Crippen LogP contribution in [0.15, 0.2) is 47.0 Å². The van der Waals surface area contributed by atoms with Gasteiger partial charge in [-0.05, 0) is 37.3 Å². The Balaban J connectivity index is 1.67. The van der Waals surface area contributed by atoms with Crippen LogP contribution in [0.5, 0.6) is 17.2 Å². The van der Waals surface area contributed by atoms with Crippen LogP contribution in [-0.2, 0) is 6.61 Å². The van der Waals surface area contributed by atoms with Crippen molar-refractivity contribution < 1.29 is 18.9 Å². The summed E-state index contributed by atoms with van der Waals surface area (Å²) in [5.74, 6) is 2.15. The van der Waals surface area contributed by atoms with Gasteiger partial charge in [0.05, 0.1) is 4.92 Å². The summed E-state index contributed by atoms with van der Waals surface area (Å²) in [7, 11) is 0. The molecule has 0 spiro atoms. The lowest BCUT2D eigenvalue weighted by atomic mass is 10.2. The van der Waals surface area contributed by atoms with Crippen molar-refractivity contribution in [2.75, 3.05) is 0 Å². The van der Waals surface area contributed by atoms with E-state index in [2.05, 4.69) is 10.1 Å². The fourth-order valence-electron chi connectivity index (χ4n) is 2.08. The van der Waals surface area contributed by atoms with Crippen LogP contribution in [0.4, 0.5) is 5.69 Å². The summed E-state index contributed by atoms with van der Waals surface area (Å²) < 4.78 is 16.1. The SMILES string of the molecule is Cc1noc(COc2ccc(Oc3ccc([N+](=O)[O-])cc3C#N)cc2)n1. The Bertz CT molecular complexity index is 976. The van der Waals surface area contributed by atoms with Crippen LogP contribution < -0.4 is 9.47 Å². The van der Waals surface area contributed by atoms with Gasteiger partial charge < -0.3 is 14.0 Å². The summed E-state index contributed by atoms with van der Waals surface area (Å²) in [6.45, 7) is 1.86. The summed E-state index contributed by atoms with van der Waals surface area (Å²) in [5.41, 5.74) is -0.0970. The van der Waals surface area contributed by atoms with Crippen LogP contribution in [0.25, 0.3) is 0 Å². The predicted molar refractivity (Wildman–Crippen MR) is 87.7 cm³/mol. The largest absolute Gasteiger partial charge is 0.484 e. The highest BCUT2D eigenvalue weighted by atomic mass is 16.6. The van der Waals surface area contributed by atoms with Gasteiger partial charge in [-0.25, -0.2) is 0 Å². The van der Waals surface area contributed by atoms with Gasteiger partial charge in [0.1, 0.15) is 28.9 Å². The van der Waals surface area contributed by atoms with Crippen molar-refractivity contribution in [3.63, 3.8) is 0 Å². The van der Waals surface area contributed by atoms with Crippen LogP contribution >= 0.6 is 0 Å². The Morgan fingerprint density at radius 1 is 1.23 bits per heavy atom. The van der Waals surface area contributed by atoms with E-state index in [1.54, 1.807) is 31.2 Å². The molecular weight excluding hydrogens is 340 g/mol. The van der Waals surface area contributed by atoms with Gasteiger partial charge in [-0.1, -0.05) is 5.16 Å². The number of hydrogen-bond acceptors (Lipinski definition) is 8. The van der Waals surface area contributed by atoms with Crippen molar-refractivity contribution in [3.05, 3.63) is 69.9 Å². The second-order valence-electron chi connectivity index (χ2n) is 5.15. The molecule has 1 heterocycles. The first-order chi connectivity index (χ1) is 12.5. The van der Waals surface area contributed by atoms with Crippen LogP contribution in [0.3, 0.4) is 0 Å². The molecule has 0 fully saturated rings. The number of benzene rings is 2. The Hall–Kier alpha value is -3.93. The van der Waals surface area contributed by atoms with Gasteiger partial charge in [-0.15, -0.1) is 0 Å². The molecule has 26 heavy (non-hydrogen) atoms. The summed E-state index contributed by atoms with van der Waals surface area (Å²) >= 11 is 0. The lowest BCUT2D eigenvalue weighted by molar-refractivity contribution is -0.384. The molecule has 0 aliphatic heterocycles. The minimum absolute atomic E-state index is 0.0753. The number of nitrogens with zero attached hydrogens (tertiary/aromatic N) is 4. The zero-order valence-corrected chi connectivity index (χ0v) is 13.6.